The van der Waals surface area contributed by atoms with E-state index in [1.54, 1.807) is 19.9 Å². The van der Waals surface area contributed by atoms with Crippen LogP contribution in [-0.2, 0) is 11.3 Å². The molecular formula is C27H24N10O2. The van der Waals surface area contributed by atoms with Gasteiger partial charge in [-0.2, -0.15) is 15.3 Å². The summed E-state index contributed by atoms with van der Waals surface area (Å²) < 4.78 is 11.3. The summed E-state index contributed by atoms with van der Waals surface area (Å²) in [7, 11) is 0. The number of hydrogen-bond acceptors (Lipinski definition) is 8. The van der Waals surface area contributed by atoms with Gasteiger partial charge in [-0.05, 0) is 48.9 Å². The fourth-order valence-corrected chi connectivity index (χ4v) is 4.24. The zero-order valence-electron chi connectivity index (χ0n) is 21.0. The summed E-state index contributed by atoms with van der Waals surface area (Å²) >= 11 is 0. The third kappa shape index (κ3) is 4.90. The van der Waals surface area contributed by atoms with Crippen molar-refractivity contribution in [3.63, 3.8) is 0 Å². The zero-order chi connectivity index (χ0) is 26.8. The molecule has 194 valence electrons. The van der Waals surface area contributed by atoms with Gasteiger partial charge in [0.15, 0.2) is 11.5 Å². The summed E-state index contributed by atoms with van der Waals surface area (Å²) in [4.78, 5) is 20.1. The van der Waals surface area contributed by atoms with Crippen LogP contribution >= 0.6 is 0 Å². The van der Waals surface area contributed by atoms with Crippen molar-refractivity contribution in [2.75, 3.05) is 11.9 Å². The minimum atomic E-state index is -0.211. The number of benzene rings is 1. The third-order valence-corrected chi connectivity index (χ3v) is 6.14. The summed E-state index contributed by atoms with van der Waals surface area (Å²) in [5.41, 5.74) is 5.18. The molecule has 0 aliphatic heterocycles. The SMILES string of the molecule is C=CC(=O)NCCn1cc(-c2ccn3ncnc(Nc4ccc(Oc5ccn6ncnc6c5)c(C)c4)c23)cn1. The highest BCUT2D eigenvalue weighted by Crippen LogP contribution is 2.32. The van der Waals surface area contributed by atoms with Gasteiger partial charge in [0.25, 0.3) is 0 Å². The summed E-state index contributed by atoms with van der Waals surface area (Å²) in [6.45, 7) is 6.43. The van der Waals surface area contributed by atoms with E-state index in [-0.39, 0.29) is 5.91 Å². The number of hydrogen-bond donors (Lipinski definition) is 2. The van der Waals surface area contributed by atoms with Crippen molar-refractivity contribution in [1.29, 1.82) is 0 Å². The van der Waals surface area contributed by atoms with Crippen LogP contribution < -0.4 is 15.4 Å². The van der Waals surface area contributed by atoms with Gasteiger partial charge in [-0.15, -0.1) is 0 Å². The fraction of sp³-hybridized carbons (Fsp3) is 0.111. The second kappa shape index (κ2) is 10.1. The molecule has 0 spiro atoms. The van der Waals surface area contributed by atoms with Crippen molar-refractivity contribution >= 4 is 28.6 Å². The Morgan fingerprint density at radius 1 is 1.05 bits per heavy atom. The minimum absolute atomic E-state index is 0.211. The Balaban J connectivity index is 1.22. The van der Waals surface area contributed by atoms with E-state index in [9.17, 15) is 4.79 Å². The maximum absolute atomic E-state index is 11.4. The van der Waals surface area contributed by atoms with Gasteiger partial charge in [0.1, 0.15) is 29.7 Å². The van der Waals surface area contributed by atoms with Crippen LogP contribution in [0.15, 0.2) is 86.5 Å². The predicted molar refractivity (Wildman–Crippen MR) is 145 cm³/mol. The molecule has 0 saturated carbocycles. The van der Waals surface area contributed by atoms with E-state index in [0.717, 1.165) is 33.6 Å². The molecule has 1 aromatic carbocycles. The van der Waals surface area contributed by atoms with E-state index in [0.29, 0.717) is 30.3 Å². The molecule has 6 rings (SSSR count). The Labute approximate surface area is 222 Å². The lowest BCUT2D eigenvalue weighted by atomic mass is 10.1. The first-order valence-electron chi connectivity index (χ1n) is 12.2. The number of rotatable bonds is 9. The van der Waals surface area contributed by atoms with Crippen LogP contribution in [0.4, 0.5) is 11.5 Å². The minimum Gasteiger partial charge on any atom is -0.457 e. The molecule has 0 unspecified atom stereocenters. The van der Waals surface area contributed by atoms with Crippen molar-refractivity contribution in [2.45, 2.75) is 13.5 Å². The van der Waals surface area contributed by atoms with E-state index >= 15 is 0 Å². The Morgan fingerprint density at radius 3 is 2.77 bits per heavy atom. The Bertz CT molecular complexity index is 1820. The highest BCUT2D eigenvalue weighted by Gasteiger charge is 2.14. The van der Waals surface area contributed by atoms with Crippen LogP contribution in [-0.4, -0.2) is 51.4 Å². The summed E-state index contributed by atoms with van der Waals surface area (Å²) in [5, 5.41) is 19.1. The number of carbonyl (C=O) groups excluding carboxylic acids is 1. The van der Waals surface area contributed by atoms with Gasteiger partial charge >= 0.3 is 0 Å². The van der Waals surface area contributed by atoms with Crippen molar-refractivity contribution in [3.8, 4) is 22.6 Å². The van der Waals surface area contributed by atoms with E-state index in [1.807, 2.05) is 61.9 Å². The number of anilines is 2. The van der Waals surface area contributed by atoms with Crippen LogP contribution in [0.25, 0.3) is 22.3 Å². The first-order valence-corrected chi connectivity index (χ1v) is 12.2. The molecule has 5 aromatic heterocycles. The summed E-state index contributed by atoms with van der Waals surface area (Å²) in [5.74, 6) is 1.86. The molecule has 12 heteroatoms. The molecule has 0 radical (unpaired) electrons. The number of ether oxygens (including phenoxy) is 1. The van der Waals surface area contributed by atoms with Gasteiger partial charge in [-0.1, -0.05) is 6.58 Å². The monoisotopic (exact) mass is 520 g/mol. The van der Waals surface area contributed by atoms with Crippen molar-refractivity contribution in [2.24, 2.45) is 0 Å². The van der Waals surface area contributed by atoms with Gasteiger partial charge in [0.05, 0.1) is 12.7 Å². The molecule has 1 amide bonds. The number of pyridine rings is 1. The molecule has 5 heterocycles. The quantitative estimate of drug-likeness (QED) is 0.276. The van der Waals surface area contributed by atoms with Crippen LogP contribution in [0.1, 0.15) is 5.56 Å². The number of fused-ring (bicyclic) bond motifs is 2. The molecular weight excluding hydrogens is 496 g/mol. The standard InChI is InChI=1S/C27H24N10O2/c1-3-25(38)28-8-11-35-15-19(14-31-35)22-7-10-37-26(22)27(30-17-33-37)34-20-4-5-23(18(2)12-20)39-21-6-9-36-24(13-21)29-16-32-36/h3-7,9-10,12-17H,1,8,11H2,2H3,(H,28,38)(H,30,33,34). The molecule has 6 aromatic rings. The molecule has 0 atom stereocenters. The average Bonchev–Trinajstić information content (AvgIpc) is 3.70. The van der Waals surface area contributed by atoms with Crippen molar-refractivity contribution in [3.05, 3.63) is 92.1 Å². The molecule has 0 bridgehead atoms. The Morgan fingerprint density at radius 2 is 1.90 bits per heavy atom. The number of aryl methyl sites for hydroxylation is 1. The lowest BCUT2D eigenvalue weighted by molar-refractivity contribution is -0.116. The molecule has 39 heavy (non-hydrogen) atoms. The first kappa shape index (κ1) is 23.9. The molecule has 0 fully saturated rings. The van der Waals surface area contributed by atoms with Crippen LogP contribution in [0, 0.1) is 6.92 Å². The highest BCUT2D eigenvalue weighted by molar-refractivity contribution is 5.89. The normalized spacial score (nSPS) is 11.1. The maximum atomic E-state index is 11.4. The highest BCUT2D eigenvalue weighted by atomic mass is 16.5. The zero-order valence-corrected chi connectivity index (χ0v) is 21.0. The van der Waals surface area contributed by atoms with Gasteiger partial charge in [-0.25, -0.2) is 19.0 Å². The number of nitrogens with one attached hydrogen (secondary N) is 2. The first-order chi connectivity index (χ1) is 19.1. The molecule has 0 aliphatic rings. The lowest BCUT2D eigenvalue weighted by Gasteiger charge is -2.12. The Kier molecular flexibility index (Phi) is 6.17. The van der Waals surface area contributed by atoms with E-state index in [1.165, 1.54) is 18.7 Å². The molecule has 2 N–H and O–H groups in total. The molecule has 12 nitrogen and oxygen atoms in total. The van der Waals surface area contributed by atoms with Gasteiger partial charge < -0.3 is 15.4 Å². The van der Waals surface area contributed by atoms with E-state index in [2.05, 4.69) is 42.5 Å². The van der Waals surface area contributed by atoms with Crippen LogP contribution in [0.5, 0.6) is 11.5 Å². The van der Waals surface area contributed by atoms with E-state index < -0.39 is 0 Å². The second-order valence-corrected chi connectivity index (χ2v) is 8.75. The third-order valence-electron chi connectivity index (χ3n) is 6.14. The fourth-order valence-electron chi connectivity index (χ4n) is 4.24. The van der Waals surface area contributed by atoms with Crippen LogP contribution in [0.3, 0.4) is 0 Å². The van der Waals surface area contributed by atoms with Crippen LogP contribution in [0.2, 0.25) is 0 Å². The second-order valence-electron chi connectivity index (χ2n) is 8.75. The van der Waals surface area contributed by atoms with Crippen molar-refractivity contribution in [1.82, 2.24) is 44.3 Å². The summed E-state index contributed by atoms with van der Waals surface area (Å²) in [6.07, 6.45) is 11.7. The topological polar surface area (TPSA) is 129 Å². The van der Waals surface area contributed by atoms with Gasteiger partial charge in [0, 0.05) is 48.0 Å². The maximum Gasteiger partial charge on any atom is 0.243 e. The number of nitrogens with zero attached hydrogens (tertiary/aromatic N) is 8. The lowest BCUT2D eigenvalue weighted by Crippen LogP contribution is -2.25. The largest absolute Gasteiger partial charge is 0.457 e. The number of aromatic nitrogens is 8. The van der Waals surface area contributed by atoms with Gasteiger partial charge in [0.2, 0.25) is 5.91 Å². The smallest absolute Gasteiger partial charge is 0.243 e. The Hall–Kier alpha value is -5.52. The number of carbonyl (C=O) groups is 1. The van der Waals surface area contributed by atoms with Gasteiger partial charge in [-0.3, -0.25) is 9.48 Å². The van der Waals surface area contributed by atoms with Crippen molar-refractivity contribution < 1.29 is 9.53 Å². The average molecular weight is 521 g/mol. The molecule has 0 saturated heterocycles. The molecule has 0 aliphatic carbocycles. The summed E-state index contributed by atoms with van der Waals surface area (Å²) in [6, 6.07) is 11.5. The van der Waals surface area contributed by atoms with E-state index in [4.69, 9.17) is 4.74 Å². The number of amides is 1. The predicted octanol–water partition coefficient (Wildman–Crippen LogP) is 3.78.